The number of amides is 1. The predicted octanol–water partition coefficient (Wildman–Crippen LogP) is 1.79. The molecular weight excluding hydrogens is 232 g/mol. The first-order valence-electron chi connectivity index (χ1n) is 4.63. The lowest BCUT2D eigenvalue weighted by Gasteiger charge is -2.14. The van der Waals surface area contributed by atoms with E-state index in [0.717, 1.165) is 0 Å². The standard InChI is InChI=1S/C10H11ClN2O3/c1-7(14)12-10(6-13(15)16)8-3-2-4-9(11)5-8/h2-5,10H,6H2,1H3,(H,12,14)/t10-/m1/s1. The average Bonchev–Trinajstić information content (AvgIpc) is 2.15. The van der Waals surface area contributed by atoms with E-state index in [1.807, 2.05) is 0 Å². The van der Waals surface area contributed by atoms with Gasteiger partial charge in [0.25, 0.3) is 0 Å². The van der Waals surface area contributed by atoms with Crippen molar-refractivity contribution in [1.29, 1.82) is 0 Å². The zero-order valence-corrected chi connectivity index (χ0v) is 9.40. The van der Waals surface area contributed by atoms with Crippen LogP contribution in [-0.2, 0) is 4.79 Å². The summed E-state index contributed by atoms with van der Waals surface area (Å²) in [7, 11) is 0. The highest BCUT2D eigenvalue weighted by Gasteiger charge is 2.18. The third kappa shape index (κ3) is 3.86. The Bertz CT molecular complexity index is 393. The molecule has 0 aliphatic carbocycles. The van der Waals surface area contributed by atoms with Gasteiger partial charge in [0, 0.05) is 16.9 Å². The molecule has 0 saturated carbocycles. The second-order valence-electron chi connectivity index (χ2n) is 3.32. The number of halogens is 1. The topological polar surface area (TPSA) is 72.2 Å². The minimum atomic E-state index is -0.647. The Balaban J connectivity index is 2.90. The summed E-state index contributed by atoms with van der Waals surface area (Å²) in [5.41, 5.74) is 0.624. The molecule has 0 aliphatic heterocycles. The summed E-state index contributed by atoms with van der Waals surface area (Å²) in [5.74, 6) is -0.313. The Morgan fingerprint density at radius 2 is 2.31 bits per heavy atom. The zero-order valence-electron chi connectivity index (χ0n) is 8.64. The van der Waals surface area contributed by atoms with E-state index in [1.165, 1.54) is 6.92 Å². The molecule has 0 unspecified atom stereocenters. The molecule has 0 radical (unpaired) electrons. The summed E-state index contributed by atoms with van der Waals surface area (Å²) in [6.45, 7) is 0.956. The Kier molecular flexibility index (Phi) is 4.25. The van der Waals surface area contributed by atoms with E-state index in [9.17, 15) is 14.9 Å². The molecule has 1 amide bonds. The maximum atomic E-state index is 10.9. The summed E-state index contributed by atoms with van der Waals surface area (Å²) < 4.78 is 0. The van der Waals surface area contributed by atoms with Crippen LogP contribution < -0.4 is 5.32 Å². The van der Waals surface area contributed by atoms with Gasteiger partial charge in [0.2, 0.25) is 12.5 Å². The Morgan fingerprint density at radius 3 is 2.81 bits per heavy atom. The molecule has 1 rings (SSSR count). The second kappa shape index (κ2) is 5.46. The first-order chi connectivity index (χ1) is 7.49. The van der Waals surface area contributed by atoms with Gasteiger partial charge in [-0.05, 0) is 17.7 Å². The second-order valence-corrected chi connectivity index (χ2v) is 3.76. The van der Waals surface area contributed by atoms with Gasteiger partial charge >= 0.3 is 0 Å². The van der Waals surface area contributed by atoms with Crippen molar-refractivity contribution in [3.63, 3.8) is 0 Å². The highest BCUT2D eigenvalue weighted by molar-refractivity contribution is 6.30. The molecule has 6 heteroatoms. The summed E-state index contributed by atoms with van der Waals surface area (Å²) in [6, 6.07) is 6.00. The summed E-state index contributed by atoms with van der Waals surface area (Å²) >= 11 is 5.78. The Labute approximate surface area is 97.6 Å². The molecule has 0 spiro atoms. The van der Waals surface area contributed by atoms with Crippen molar-refractivity contribution < 1.29 is 9.72 Å². The molecule has 5 nitrogen and oxygen atoms in total. The van der Waals surface area contributed by atoms with Crippen molar-refractivity contribution in [2.75, 3.05) is 6.54 Å². The van der Waals surface area contributed by atoms with Crippen LogP contribution in [0.4, 0.5) is 0 Å². The number of hydrogen-bond donors (Lipinski definition) is 1. The van der Waals surface area contributed by atoms with Crippen LogP contribution in [0.3, 0.4) is 0 Å². The van der Waals surface area contributed by atoms with Crippen LogP contribution in [-0.4, -0.2) is 17.4 Å². The van der Waals surface area contributed by atoms with Crippen LogP contribution in [0, 0.1) is 10.1 Å². The lowest BCUT2D eigenvalue weighted by Crippen LogP contribution is -2.31. The van der Waals surface area contributed by atoms with Gasteiger partial charge in [-0.1, -0.05) is 23.7 Å². The Morgan fingerprint density at radius 1 is 1.62 bits per heavy atom. The highest BCUT2D eigenvalue weighted by Crippen LogP contribution is 2.18. The smallest absolute Gasteiger partial charge is 0.227 e. The number of nitrogens with one attached hydrogen (secondary N) is 1. The van der Waals surface area contributed by atoms with Crippen molar-refractivity contribution in [1.82, 2.24) is 5.32 Å². The molecule has 0 fully saturated rings. The van der Waals surface area contributed by atoms with Gasteiger partial charge in [0.05, 0.1) is 0 Å². The molecule has 86 valence electrons. The zero-order chi connectivity index (χ0) is 12.1. The van der Waals surface area contributed by atoms with Crippen LogP contribution in [0.25, 0.3) is 0 Å². The van der Waals surface area contributed by atoms with Gasteiger partial charge in [0.1, 0.15) is 6.04 Å². The molecule has 0 aliphatic rings. The predicted molar refractivity (Wildman–Crippen MR) is 59.9 cm³/mol. The van der Waals surface area contributed by atoms with Crippen molar-refractivity contribution >= 4 is 17.5 Å². The number of nitro groups is 1. The average molecular weight is 243 g/mol. The van der Waals surface area contributed by atoms with Crippen molar-refractivity contribution in [3.05, 3.63) is 45.0 Å². The van der Waals surface area contributed by atoms with Crippen molar-refractivity contribution in [3.8, 4) is 0 Å². The maximum absolute atomic E-state index is 10.9. The largest absolute Gasteiger partial charge is 0.343 e. The van der Waals surface area contributed by atoms with Crippen LogP contribution in [0.1, 0.15) is 18.5 Å². The number of hydrogen-bond acceptors (Lipinski definition) is 3. The normalized spacial score (nSPS) is 11.9. The van der Waals surface area contributed by atoms with Gasteiger partial charge in [0.15, 0.2) is 0 Å². The Hall–Kier alpha value is -1.62. The van der Waals surface area contributed by atoms with Crippen LogP contribution in [0.5, 0.6) is 0 Å². The number of carbonyl (C=O) groups excluding carboxylic acids is 1. The highest BCUT2D eigenvalue weighted by atomic mass is 35.5. The first-order valence-corrected chi connectivity index (χ1v) is 5.01. The molecule has 0 aromatic heterocycles. The van der Waals surface area contributed by atoms with E-state index in [1.54, 1.807) is 24.3 Å². The van der Waals surface area contributed by atoms with Gasteiger partial charge < -0.3 is 5.32 Å². The molecule has 1 aromatic carbocycles. The number of nitrogens with zero attached hydrogens (tertiary/aromatic N) is 1. The van der Waals surface area contributed by atoms with Gasteiger partial charge in [-0.2, -0.15) is 0 Å². The fourth-order valence-corrected chi connectivity index (χ4v) is 1.55. The molecular formula is C10H11ClN2O3. The summed E-state index contributed by atoms with van der Waals surface area (Å²) in [6.07, 6.45) is 0. The van der Waals surface area contributed by atoms with E-state index in [2.05, 4.69) is 5.32 Å². The third-order valence-corrected chi connectivity index (χ3v) is 2.20. The van der Waals surface area contributed by atoms with Crippen LogP contribution in [0.15, 0.2) is 24.3 Å². The minimum Gasteiger partial charge on any atom is -0.343 e. The fourth-order valence-electron chi connectivity index (χ4n) is 1.35. The lowest BCUT2D eigenvalue weighted by atomic mass is 10.1. The van der Waals surface area contributed by atoms with Crippen molar-refractivity contribution in [2.45, 2.75) is 13.0 Å². The van der Waals surface area contributed by atoms with E-state index in [4.69, 9.17) is 11.6 Å². The molecule has 0 bridgehead atoms. The molecule has 1 atom stereocenters. The molecule has 1 N–H and O–H groups in total. The number of benzene rings is 1. The van der Waals surface area contributed by atoms with Crippen LogP contribution >= 0.6 is 11.6 Å². The molecule has 0 heterocycles. The van der Waals surface area contributed by atoms with E-state index < -0.39 is 11.0 Å². The number of carbonyl (C=O) groups is 1. The minimum absolute atomic E-state index is 0.313. The van der Waals surface area contributed by atoms with Crippen molar-refractivity contribution in [2.24, 2.45) is 0 Å². The molecule has 1 aromatic rings. The SMILES string of the molecule is CC(=O)N[C@H](C[N+](=O)[O-])c1cccc(Cl)c1. The number of rotatable bonds is 4. The van der Waals surface area contributed by atoms with Gasteiger partial charge in [-0.15, -0.1) is 0 Å². The van der Waals surface area contributed by atoms with E-state index >= 15 is 0 Å². The lowest BCUT2D eigenvalue weighted by molar-refractivity contribution is -0.484. The quantitative estimate of drug-likeness (QED) is 0.646. The maximum Gasteiger partial charge on any atom is 0.227 e. The monoisotopic (exact) mass is 242 g/mol. The fraction of sp³-hybridized carbons (Fsp3) is 0.300. The molecule has 0 saturated heterocycles. The summed E-state index contributed by atoms with van der Waals surface area (Å²) in [5, 5.41) is 13.5. The van der Waals surface area contributed by atoms with Crippen LogP contribution in [0.2, 0.25) is 5.02 Å². The van der Waals surface area contributed by atoms with Gasteiger partial charge in [-0.25, -0.2) is 0 Å². The van der Waals surface area contributed by atoms with E-state index in [-0.39, 0.29) is 12.5 Å². The first kappa shape index (κ1) is 12.4. The summed E-state index contributed by atoms with van der Waals surface area (Å²) in [4.78, 5) is 20.9. The molecule has 16 heavy (non-hydrogen) atoms. The third-order valence-electron chi connectivity index (χ3n) is 1.96. The van der Waals surface area contributed by atoms with E-state index in [0.29, 0.717) is 10.6 Å². The van der Waals surface area contributed by atoms with Gasteiger partial charge in [-0.3, -0.25) is 14.9 Å².